The van der Waals surface area contributed by atoms with Crippen molar-refractivity contribution in [3.63, 3.8) is 0 Å². The highest BCUT2D eigenvalue weighted by Crippen LogP contribution is 2.22. The fourth-order valence-corrected chi connectivity index (χ4v) is 3.13. The number of carbonyl (C=O) groups excluding carboxylic acids is 1. The lowest BCUT2D eigenvalue weighted by atomic mass is 10.0. The summed E-state index contributed by atoms with van der Waals surface area (Å²) >= 11 is 0. The predicted octanol–water partition coefficient (Wildman–Crippen LogP) is 4.21. The Morgan fingerprint density at radius 1 is 1.04 bits per heavy atom. The maximum atomic E-state index is 12.5. The van der Waals surface area contributed by atoms with E-state index in [-0.39, 0.29) is 18.5 Å². The van der Waals surface area contributed by atoms with E-state index in [9.17, 15) is 9.59 Å². The van der Waals surface area contributed by atoms with Crippen LogP contribution in [0.25, 0.3) is 0 Å². The van der Waals surface area contributed by atoms with Crippen LogP contribution in [0.2, 0.25) is 0 Å². The second-order valence-corrected chi connectivity index (χ2v) is 6.69. The summed E-state index contributed by atoms with van der Waals surface area (Å²) in [6, 6.07) is 13.2. The minimum absolute atomic E-state index is 0.0143. The molecule has 26 heavy (non-hydrogen) atoms. The van der Waals surface area contributed by atoms with Gasteiger partial charge in [-0.1, -0.05) is 48.0 Å². The molecule has 5 nitrogen and oxygen atoms in total. The number of amides is 2. The Labute approximate surface area is 154 Å². The molecule has 0 aliphatic carbocycles. The highest BCUT2D eigenvalue weighted by Gasteiger charge is 2.16. The SMILES string of the molecule is Cc1cc(C)c(NC(=O)NC(CCC(=O)O)Cc2ccccc2)c(C)c1. The smallest absolute Gasteiger partial charge is 0.319 e. The van der Waals surface area contributed by atoms with Gasteiger partial charge in [-0.25, -0.2) is 4.79 Å². The lowest BCUT2D eigenvalue weighted by Gasteiger charge is -2.20. The summed E-state index contributed by atoms with van der Waals surface area (Å²) in [5, 5.41) is 14.8. The van der Waals surface area contributed by atoms with Gasteiger partial charge in [0.05, 0.1) is 0 Å². The zero-order valence-electron chi connectivity index (χ0n) is 15.5. The first-order chi connectivity index (χ1) is 12.3. The van der Waals surface area contributed by atoms with Crippen LogP contribution in [0.3, 0.4) is 0 Å². The summed E-state index contributed by atoms with van der Waals surface area (Å²) < 4.78 is 0. The molecule has 3 N–H and O–H groups in total. The molecule has 0 bridgehead atoms. The van der Waals surface area contributed by atoms with Gasteiger partial charge in [0.25, 0.3) is 0 Å². The first kappa shape index (κ1) is 19.5. The molecule has 0 radical (unpaired) electrons. The number of hydrogen-bond donors (Lipinski definition) is 3. The average Bonchev–Trinajstić information content (AvgIpc) is 2.57. The minimum Gasteiger partial charge on any atom is -0.481 e. The van der Waals surface area contributed by atoms with Crippen LogP contribution in [0.15, 0.2) is 42.5 Å². The second kappa shape index (κ2) is 9.04. The van der Waals surface area contributed by atoms with Crippen LogP contribution in [0.1, 0.15) is 35.1 Å². The van der Waals surface area contributed by atoms with Gasteiger partial charge in [0.1, 0.15) is 0 Å². The average molecular weight is 354 g/mol. The molecule has 0 aliphatic rings. The first-order valence-corrected chi connectivity index (χ1v) is 8.76. The van der Waals surface area contributed by atoms with Crippen LogP contribution < -0.4 is 10.6 Å². The number of carboxylic acid groups (broad SMARTS) is 1. The lowest BCUT2D eigenvalue weighted by molar-refractivity contribution is -0.137. The molecule has 2 aromatic carbocycles. The number of benzene rings is 2. The van der Waals surface area contributed by atoms with Crippen molar-refractivity contribution in [2.75, 3.05) is 5.32 Å². The summed E-state index contributed by atoms with van der Waals surface area (Å²) in [7, 11) is 0. The Hall–Kier alpha value is -2.82. The fourth-order valence-electron chi connectivity index (χ4n) is 3.13. The molecule has 0 heterocycles. The van der Waals surface area contributed by atoms with Gasteiger partial charge in [-0.2, -0.15) is 0 Å². The monoisotopic (exact) mass is 354 g/mol. The van der Waals surface area contributed by atoms with Crippen molar-refractivity contribution < 1.29 is 14.7 Å². The van der Waals surface area contributed by atoms with Crippen LogP contribution in [0, 0.1) is 20.8 Å². The number of nitrogens with one attached hydrogen (secondary N) is 2. The van der Waals surface area contributed by atoms with E-state index >= 15 is 0 Å². The third kappa shape index (κ3) is 5.92. The summed E-state index contributed by atoms with van der Waals surface area (Å²) in [5.41, 5.74) is 5.01. The third-order valence-corrected chi connectivity index (χ3v) is 4.28. The lowest BCUT2D eigenvalue weighted by Crippen LogP contribution is -2.40. The molecule has 1 unspecified atom stereocenters. The van der Waals surface area contributed by atoms with E-state index < -0.39 is 5.97 Å². The molecule has 1 atom stereocenters. The summed E-state index contributed by atoms with van der Waals surface area (Å²) in [6.07, 6.45) is 0.983. The number of rotatable bonds is 7. The number of aryl methyl sites for hydroxylation is 3. The number of urea groups is 1. The second-order valence-electron chi connectivity index (χ2n) is 6.69. The van der Waals surface area contributed by atoms with Crippen LogP contribution in [0.4, 0.5) is 10.5 Å². The maximum absolute atomic E-state index is 12.5. The molecular weight excluding hydrogens is 328 g/mol. The Bertz CT molecular complexity index is 749. The molecule has 5 heteroatoms. The minimum atomic E-state index is -0.865. The molecule has 0 saturated carbocycles. The number of carbonyl (C=O) groups is 2. The van der Waals surface area contributed by atoms with E-state index in [0.29, 0.717) is 12.8 Å². The van der Waals surface area contributed by atoms with Gasteiger partial charge in [0.15, 0.2) is 0 Å². The quantitative estimate of drug-likeness (QED) is 0.697. The Kier molecular flexibility index (Phi) is 6.78. The van der Waals surface area contributed by atoms with Gasteiger partial charge in [0, 0.05) is 18.2 Å². The predicted molar refractivity (Wildman–Crippen MR) is 104 cm³/mol. The molecule has 2 rings (SSSR count). The molecule has 0 fully saturated rings. The van der Waals surface area contributed by atoms with Crippen molar-refractivity contribution in [2.45, 2.75) is 46.1 Å². The van der Waals surface area contributed by atoms with Crippen molar-refractivity contribution in [2.24, 2.45) is 0 Å². The molecular formula is C21H26N2O3. The fraction of sp³-hybridized carbons (Fsp3) is 0.333. The Balaban J connectivity index is 2.06. The van der Waals surface area contributed by atoms with Gasteiger partial charge < -0.3 is 15.7 Å². The highest BCUT2D eigenvalue weighted by atomic mass is 16.4. The van der Waals surface area contributed by atoms with Gasteiger partial charge in [0.2, 0.25) is 0 Å². The molecule has 0 aromatic heterocycles. The van der Waals surface area contributed by atoms with E-state index in [4.69, 9.17) is 5.11 Å². The van der Waals surface area contributed by atoms with Crippen LogP contribution >= 0.6 is 0 Å². The van der Waals surface area contributed by atoms with Crippen molar-refractivity contribution >= 4 is 17.7 Å². The normalized spacial score (nSPS) is 11.7. The topological polar surface area (TPSA) is 78.4 Å². The molecule has 0 saturated heterocycles. The zero-order valence-corrected chi connectivity index (χ0v) is 15.5. The van der Waals surface area contributed by atoms with Crippen LogP contribution in [0.5, 0.6) is 0 Å². The van der Waals surface area contributed by atoms with Crippen molar-refractivity contribution in [3.8, 4) is 0 Å². The van der Waals surface area contributed by atoms with Gasteiger partial charge >= 0.3 is 12.0 Å². The van der Waals surface area contributed by atoms with E-state index in [1.165, 1.54) is 0 Å². The molecule has 0 aliphatic heterocycles. The van der Waals surface area contributed by atoms with E-state index in [1.54, 1.807) is 0 Å². The van der Waals surface area contributed by atoms with E-state index in [1.807, 2.05) is 63.2 Å². The number of carboxylic acids is 1. The van der Waals surface area contributed by atoms with Crippen LogP contribution in [-0.4, -0.2) is 23.1 Å². The Morgan fingerprint density at radius 3 is 2.23 bits per heavy atom. The van der Waals surface area contributed by atoms with E-state index in [0.717, 1.165) is 27.9 Å². The Morgan fingerprint density at radius 2 is 1.65 bits per heavy atom. The van der Waals surface area contributed by atoms with Crippen molar-refractivity contribution in [3.05, 3.63) is 64.7 Å². The molecule has 2 amide bonds. The van der Waals surface area contributed by atoms with Gasteiger partial charge in [-0.05, 0) is 50.3 Å². The number of aliphatic carboxylic acids is 1. The first-order valence-electron chi connectivity index (χ1n) is 8.76. The standard InChI is InChI=1S/C21H26N2O3/c1-14-11-15(2)20(16(3)12-14)23-21(26)22-18(9-10-19(24)25)13-17-7-5-4-6-8-17/h4-8,11-12,18H,9-10,13H2,1-3H3,(H,24,25)(H2,22,23,26). The van der Waals surface area contributed by atoms with Crippen molar-refractivity contribution in [1.29, 1.82) is 0 Å². The molecule has 138 valence electrons. The van der Waals surface area contributed by atoms with E-state index in [2.05, 4.69) is 10.6 Å². The third-order valence-electron chi connectivity index (χ3n) is 4.28. The molecule has 0 spiro atoms. The largest absolute Gasteiger partial charge is 0.481 e. The maximum Gasteiger partial charge on any atom is 0.319 e. The summed E-state index contributed by atoms with van der Waals surface area (Å²) in [5.74, 6) is -0.865. The number of hydrogen-bond acceptors (Lipinski definition) is 2. The van der Waals surface area contributed by atoms with Gasteiger partial charge in [-0.3, -0.25) is 4.79 Å². The zero-order chi connectivity index (χ0) is 19.1. The summed E-state index contributed by atoms with van der Waals surface area (Å²) in [6.45, 7) is 5.94. The molecule has 2 aromatic rings. The highest BCUT2D eigenvalue weighted by molar-refractivity contribution is 5.91. The number of anilines is 1. The van der Waals surface area contributed by atoms with Crippen LogP contribution in [-0.2, 0) is 11.2 Å². The summed E-state index contributed by atoms with van der Waals surface area (Å²) in [4.78, 5) is 23.4. The van der Waals surface area contributed by atoms with Crippen molar-refractivity contribution in [1.82, 2.24) is 5.32 Å². The van der Waals surface area contributed by atoms with Gasteiger partial charge in [-0.15, -0.1) is 0 Å².